The molecule has 4 heterocycles. The SMILES string of the molecule is NC(=O)c1cc(C(=O)N2CCc3ccc(N4CCCCCC4=O)cc32)n(-c2onc(-c3ccccc3)c2N)n1. The molecule has 4 N–H and O–H groups in total. The third-order valence-electron chi connectivity index (χ3n) is 7.22. The third-order valence-corrected chi connectivity index (χ3v) is 7.22. The summed E-state index contributed by atoms with van der Waals surface area (Å²) in [4.78, 5) is 42.1. The second-order valence-corrected chi connectivity index (χ2v) is 9.68. The van der Waals surface area contributed by atoms with Gasteiger partial charge >= 0.3 is 0 Å². The van der Waals surface area contributed by atoms with Gasteiger partial charge in [0.15, 0.2) is 5.69 Å². The molecule has 1 fully saturated rings. The van der Waals surface area contributed by atoms with Crippen LogP contribution in [0.25, 0.3) is 17.1 Å². The summed E-state index contributed by atoms with van der Waals surface area (Å²) < 4.78 is 6.71. The van der Waals surface area contributed by atoms with Crippen molar-refractivity contribution in [3.05, 3.63) is 71.5 Å². The van der Waals surface area contributed by atoms with E-state index in [9.17, 15) is 14.4 Å². The van der Waals surface area contributed by atoms with E-state index in [0.29, 0.717) is 37.3 Å². The molecular formula is C28H27N7O4. The Kier molecular flexibility index (Phi) is 6.10. The number of fused-ring (bicyclic) bond motifs is 1. The first-order chi connectivity index (χ1) is 18.9. The van der Waals surface area contributed by atoms with E-state index in [1.54, 1.807) is 9.80 Å². The Hall–Kier alpha value is -4.93. The van der Waals surface area contributed by atoms with Crippen LogP contribution in [0.15, 0.2) is 59.1 Å². The average molecular weight is 526 g/mol. The van der Waals surface area contributed by atoms with E-state index < -0.39 is 11.8 Å². The van der Waals surface area contributed by atoms with Gasteiger partial charge in [-0.05, 0) is 37.0 Å². The molecule has 198 valence electrons. The van der Waals surface area contributed by atoms with Crippen molar-refractivity contribution in [2.75, 3.05) is 28.6 Å². The van der Waals surface area contributed by atoms with Gasteiger partial charge in [0.2, 0.25) is 5.91 Å². The standard InChI is InChI=1S/C28H27N7O4/c29-24-25(18-7-3-1-4-8-18)32-39-28(24)35-22(16-20(31-35)26(30)37)27(38)34-14-12-17-10-11-19(15-21(17)34)33-13-6-2-5-9-23(33)36/h1,3-4,7-8,10-11,15-16H,2,5-6,9,12-14,29H2,(H2,30,37). The van der Waals surface area contributed by atoms with E-state index in [1.807, 2.05) is 48.5 Å². The molecule has 2 aromatic heterocycles. The zero-order valence-electron chi connectivity index (χ0n) is 21.2. The van der Waals surface area contributed by atoms with Gasteiger partial charge < -0.3 is 25.8 Å². The molecule has 11 heteroatoms. The lowest BCUT2D eigenvalue weighted by molar-refractivity contribution is -0.118. The molecule has 0 bridgehead atoms. The second-order valence-electron chi connectivity index (χ2n) is 9.68. The van der Waals surface area contributed by atoms with Gasteiger partial charge in [-0.3, -0.25) is 14.4 Å². The van der Waals surface area contributed by atoms with Gasteiger partial charge in [0.25, 0.3) is 17.7 Å². The number of aromatic nitrogens is 3. The Bertz CT molecular complexity index is 1590. The predicted octanol–water partition coefficient (Wildman–Crippen LogP) is 3.32. The largest absolute Gasteiger partial charge is 0.392 e. The smallest absolute Gasteiger partial charge is 0.277 e. The van der Waals surface area contributed by atoms with E-state index in [1.165, 1.54) is 10.7 Å². The topological polar surface area (TPSA) is 154 Å². The molecule has 3 amide bonds. The Balaban J connectivity index is 1.38. The zero-order chi connectivity index (χ0) is 27.1. The molecule has 0 spiro atoms. The highest BCUT2D eigenvalue weighted by atomic mass is 16.5. The summed E-state index contributed by atoms with van der Waals surface area (Å²) in [7, 11) is 0. The van der Waals surface area contributed by atoms with Crippen molar-refractivity contribution in [2.45, 2.75) is 32.1 Å². The number of amides is 3. The highest BCUT2D eigenvalue weighted by Gasteiger charge is 2.32. The summed E-state index contributed by atoms with van der Waals surface area (Å²) in [6.45, 7) is 1.07. The van der Waals surface area contributed by atoms with Crippen molar-refractivity contribution in [2.24, 2.45) is 5.73 Å². The molecule has 2 aliphatic heterocycles. The van der Waals surface area contributed by atoms with Crippen LogP contribution in [0.1, 0.15) is 52.2 Å². The van der Waals surface area contributed by atoms with Crippen LogP contribution in [0, 0.1) is 0 Å². The molecule has 4 aromatic rings. The van der Waals surface area contributed by atoms with Gasteiger partial charge in [-0.25, -0.2) is 0 Å². The lowest BCUT2D eigenvalue weighted by Crippen LogP contribution is -2.32. The summed E-state index contributed by atoms with van der Waals surface area (Å²) in [6, 6.07) is 16.3. The van der Waals surface area contributed by atoms with Gasteiger partial charge in [0, 0.05) is 42.5 Å². The van der Waals surface area contributed by atoms with Gasteiger partial charge in [-0.1, -0.05) is 48.0 Å². The molecular weight excluding hydrogens is 498 g/mol. The number of carbonyl (C=O) groups excluding carboxylic acids is 3. The van der Waals surface area contributed by atoms with Crippen LogP contribution in [-0.2, 0) is 11.2 Å². The summed E-state index contributed by atoms with van der Waals surface area (Å²) in [5.41, 5.74) is 15.6. The highest BCUT2D eigenvalue weighted by molar-refractivity contribution is 6.08. The molecule has 0 saturated carbocycles. The average Bonchev–Trinajstić information content (AvgIpc) is 3.63. The normalized spacial score (nSPS) is 15.3. The summed E-state index contributed by atoms with van der Waals surface area (Å²) in [5.74, 6) is -1.12. The molecule has 2 aromatic carbocycles. The van der Waals surface area contributed by atoms with Crippen LogP contribution >= 0.6 is 0 Å². The lowest BCUT2D eigenvalue weighted by atomic mass is 10.1. The Morgan fingerprint density at radius 2 is 1.77 bits per heavy atom. The Labute approximate surface area is 223 Å². The van der Waals surface area contributed by atoms with E-state index in [4.69, 9.17) is 16.0 Å². The Morgan fingerprint density at radius 3 is 2.56 bits per heavy atom. The fourth-order valence-electron chi connectivity index (χ4n) is 5.19. The lowest BCUT2D eigenvalue weighted by Gasteiger charge is -2.23. The quantitative estimate of drug-likeness (QED) is 0.405. The number of nitrogens with two attached hydrogens (primary N) is 2. The minimum absolute atomic E-state index is 0.00744. The first-order valence-corrected chi connectivity index (χ1v) is 12.9. The highest BCUT2D eigenvalue weighted by Crippen LogP contribution is 2.36. The molecule has 39 heavy (non-hydrogen) atoms. The van der Waals surface area contributed by atoms with E-state index in [0.717, 1.165) is 36.1 Å². The minimum atomic E-state index is -0.798. The number of nitrogen functional groups attached to an aromatic ring is 1. The molecule has 6 rings (SSSR count). The third kappa shape index (κ3) is 4.31. The zero-order valence-corrected chi connectivity index (χ0v) is 21.2. The maximum absolute atomic E-state index is 14.0. The molecule has 0 radical (unpaired) electrons. The van der Waals surface area contributed by atoms with Crippen molar-refractivity contribution in [1.82, 2.24) is 14.9 Å². The minimum Gasteiger partial charge on any atom is -0.392 e. The van der Waals surface area contributed by atoms with Crippen LogP contribution in [0.2, 0.25) is 0 Å². The number of primary amides is 1. The van der Waals surface area contributed by atoms with Crippen LogP contribution in [0.3, 0.4) is 0 Å². The molecule has 0 unspecified atom stereocenters. The fraction of sp³-hybridized carbons (Fsp3) is 0.250. The van der Waals surface area contributed by atoms with E-state index >= 15 is 0 Å². The van der Waals surface area contributed by atoms with Crippen molar-refractivity contribution in [3.8, 4) is 17.1 Å². The van der Waals surface area contributed by atoms with Crippen molar-refractivity contribution in [1.29, 1.82) is 0 Å². The fourth-order valence-corrected chi connectivity index (χ4v) is 5.19. The summed E-state index contributed by atoms with van der Waals surface area (Å²) in [6.07, 6.45) is 3.99. The second kappa shape index (κ2) is 9.75. The number of benzene rings is 2. The molecule has 2 aliphatic rings. The maximum atomic E-state index is 14.0. The molecule has 1 saturated heterocycles. The number of hydrogen-bond acceptors (Lipinski definition) is 7. The first kappa shape index (κ1) is 24.4. The van der Waals surface area contributed by atoms with Crippen LogP contribution in [0.4, 0.5) is 17.1 Å². The van der Waals surface area contributed by atoms with Gasteiger partial charge in [0.1, 0.15) is 17.1 Å². The van der Waals surface area contributed by atoms with E-state index in [2.05, 4.69) is 10.3 Å². The number of anilines is 3. The number of nitrogens with zero attached hydrogens (tertiary/aromatic N) is 5. The number of rotatable bonds is 5. The Morgan fingerprint density at radius 1 is 0.949 bits per heavy atom. The van der Waals surface area contributed by atoms with Crippen molar-refractivity contribution in [3.63, 3.8) is 0 Å². The van der Waals surface area contributed by atoms with Crippen LogP contribution in [-0.4, -0.2) is 45.7 Å². The van der Waals surface area contributed by atoms with Crippen LogP contribution < -0.4 is 21.3 Å². The summed E-state index contributed by atoms with van der Waals surface area (Å²) in [5, 5.41) is 8.32. The molecule has 0 atom stereocenters. The first-order valence-electron chi connectivity index (χ1n) is 12.9. The summed E-state index contributed by atoms with van der Waals surface area (Å²) >= 11 is 0. The molecule has 0 aliphatic carbocycles. The van der Waals surface area contributed by atoms with Gasteiger partial charge in [-0.2, -0.15) is 9.78 Å². The number of hydrogen-bond donors (Lipinski definition) is 2. The predicted molar refractivity (Wildman–Crippen MR) is 145 cm³/mol. The van der Waals surface area contributed by atoms with Crippen molar-refractivity contribution >= 4 is 34.8 Å². The monoisotopic (exact) mass is 525 g/mol. The van der Waals surface area contributed by atoms with Crippen LogP contribution in [0.5, 0.6) is 0 Å². The number of carbonyl (C=O) groups is 3. The maximum Gasteiger partial charge on any atom is 0.277 e. The van der Waals surface area contributed by atoms with E-state index in [-0.39, 0.29) is 28.9 Å². The van der Waals surface area contributed by atoms with Crippen molar-refractivity contribution < 1.29 is 18.9 Å². The van der Waals surface area contributed by atoms with Gasteiger partial charge in [0.05, 0.1) is 0 Å². The van der Waals surface area contributed by atoms with Gasteiger partial charge in [-0.15, -0.1) is 0 Å². The molecule has 11 nitrogen and oxygen atoms in total.